The zero-order chi connectivity index (χ0) is 22.0. The van der Waals surface area contributed by atoms with Gasteiger partial charge in [0.05, 0.1) is 6.61 Å². The topological polar surface area (TPSA) is 46.1 Å². The minimum Gasteiger partial charge on any atom is -0.385 e. The van der Waals surface area contributed by atoms with Crippen molar-refractivity contribution in [1.82, 2.24) is 0 Å². The highest BCUT2D eigenvalue weighted by atomic mass is 16.5. The Morgan fingerprint density at radius 3 is 1.34 bits per heavy atom. The van der Waals surface area contributed by atoms with Crippen molar-refractivity contribution >= 4 is 0 Å². The summed E-state index contributed by atoms with van der Waals surface area (Å²) in [5.74, 6) is 0. The Morgan fingerprint density at radius 2 is 0.938 bits per heavy atom. The lowest BCUT2D eigenvalue weighted by atomic mass is 9.98. The molecule has 0 saturated heterocycles. The van der Waals surface area contributed by atoms with Gasteiger partial charge < -0.3 is 15.2 Å². The molecule has 162 valence electrons. The normalized spacial score (nSPS) is 12.2. The van der Waals surface area contributed by atoms with Crippen molar-refractivity contribution in [3.05, 3.63) is 144 Å². The van der Waals surface area contributed by atoms with Crippen LogP contribution in [-0.4, -0.2) is 24.4 Å². The van der Waals surface area contributed by atoms with Crippen molar-refractivity contribution in [3.63, 3.8) is 0 Å². The first kappa shape index (κ1) is 22.0. The molecular formula is C29H30NO2+. The first-order chi connectivity index (χ1) is 15.8. The Labute approximate surface area is 190 Å². The van der Waals surface area contributed by atoms with E-state index in [4.69, 9.17) is 4.74 Å². The van der Waals surface area contributed by atoms with Gasteiger partial charge >= 0.3 is 0 Å². The Hall–Kier alpha value is -3.24. The van der Waals surface area contributed by atoms with E-state index in [0.29, 0.717) is 6.54 Å². The van der Waals surface area contributed by atoms with Crippen LogP contribution in [0.1, 0.15) is 34.4 Å². The molecule has 0 fully saturated rings. The predicted octanol–water partition coefficient (Wildman–Crippen LogP) is 4.51. The highest BCUT2D eigenvalue weighted by molar-refractivity contribution is 5.30. The third-order valence-corrected chi connectivity index (χ3v) is 5.62. The lowest BCUT2D eigenvalue weighted by Crippen LogP contribution is -2.87. The van der Waals surface area contributed by atoms with Gasteiger partial charge in [-0.3, -0.25) is 0 Å². The van der Waals surface area contributed by atoms with Crippen LogP contribution < -0.4 is 5.32 Å². The number of benzene rings is 4. The van der Waals surface area contributed by atoms with E-state index in [2.05, 4.69) is 78.1 Å². The summed E-state index contributed by atoms with van der Waals surface area (Å²) in [7, 11) is 0. The number of aliphatic hydroxyl groups is 1. The summed E-state index contributed by atoms with van der Waals surface area (Å²) in [5.41, 5.74) is 4.61. The summed E-state index contributed by atoms with van der Waals surface area (Å²) >= 11 is 0. The van der Waals surface area contributed by atoms with Crippen molar-refractivity contribution in [2.75, 3.05) is 13.2 Å². The largest absolute Gasteiger partial charge is 0.385 e. The molecule has 0 unspecified atom stereocenters. The first-order valence-corrected chi connectivity index (χ1v) is 11.1. The van der Waals surface area contributed by atoms with Gasteiger partial charge in [0.15, 0.2) is 0 Å². The summed E-state index contributed by atoms with van der Waals surface area (Å²) in [5, 5.41) is 13.0. The number of rotatable bonds is 10. The second-order valence-electron chi connectivity index (χ2n) is 7.96. The van der Waals surface area contributed by atoms with E-state index in [1.807, 2.05) is 48.5 Å². The molecule has 3 N–H and O–H groups in total. The zero-order valence-electron chi connectivity index (χ0n) is 18.1. The van der Waals surface area contributed by atoms with E-state index in [1.54, 1.807) is 0 Å². The van der Waals surface area contributed by atoms with Gasteiger partial charge in [-0.15, -0.1) is 0 Å². The van der Waals surface area contributed by atoms with E-state index >= 15 is 0 Å². The zero-order valence-corrected chi connectivity index (χ0v) is 18.1. The third kappa shape index (κ3) is 5.92. The molecule has 3 heteroatoms. The fourth-order valence-electron chi connectivity index (χ4n) is 3.99. The second kappa shape index (κ2) is 11.4. The summed E-state index contributed by atoms with van der Waals surface area (Å²) < 4.78 is 6.25. The third-order valence-electron chi connectivity index (χ3n) is 5.62. The fraction of sp³-hybridized carbons (Fsp3) is 0.172. The van der Waals surface area contributed by atoms with E-state index in [9.17, 15) is 5.11 Å². The number of hydrogen-bond acceptors (Lipinski definition) is 2. The van der Waals surface area contributed by atoms with Crippen LogP contribution in [0.3, 0.4) is 0 Å². The molecule has 0 aliphatic heterocycles. The number of nitrogens with two attached hydrogens (primary N) is 1. The summed E-state index contributed by atoms with van der Waals surface area (Å²) in [6, 6.07) is 41.3. The molecule has 1 atom stereocenters. The number of hydrogen-bond donors (Lipinski definition) is 2. The highest BCUT2D eigenvalue weighted by Gasteiger charge is 2.21. The van der Waals surface area contributed by atoms with Crippen LogP contribution in [0.4, 0.5) is 0 Å². The average Bonchev–Trinajstić information content (AvgIpc) is 2.87. The molecule has 0 spiro atoms. The molecule has 0 aromatic heterocycles. The molecule has 4 aromatic rings. The van der Waals surface area contributed by atoms with Gasteiger partial charge in [-0.05, 0) is 11.1 Å². The molecule has 4 rings (SSSR count). The van der Waals surface area contributed by atoms with Crippen molar-refractivity contribution in [2.24, 2.45) is 0 Å². The number of aliphatic hydroxyl groups excluding tert-OH is 1. The van der Waals surface area contributed by atoms with Crippen LogP contribution in [0, 0.1) is 0 Å². The van der Waals surface area contributed by atoms with E-state index < -0.39 is 6.10 Å². The molecule has 0 bridgehead atoms. The first-order valence-electron chi connectivity index (χ1n) is 11.1. The maximum atomic E-state index is 10.8. The number of quaternary nitrogens is 1. The van der Waals surface area contributed by atoms with Crippen molar-refractivity contribution < 1.29 is 15.2 Å². The molecule has 0 aliphatic carbocycles. The van der Waals surface area contributed by atoms with Gasteiger partial charge in [0.1, 0.15) is 24.8 Å². The lowest BCUT2D eigenvalue weighted by Gasteiger charge is -2.22. The molecule has 0 heterocycles. The molecule has 0 saturated carbocycles. The van der Waals surface area contributed by atoms with Gasteiger partial charge in [-0.1, -0.05) is 121 Å². The Bertz CT molecular complexity index is 874. The van der Waals surface area contributed by atoms with Crippen molar-refractivity contribution in [1.29, 1.82) is 0 Å². The lowest BCUT2D eigenvalue weighted by molar-refractivity contribution is -0.692. The standard InChI is InChI=1S/C29H29NO2/c31-27(21-30-28(23-13-5-1-6-14-23)24-15-7-2-8-16-24)22-32-29(25-17-9-3-10-18-25)26-19-11-4-12-20-26/h1-20,27-31H,21-22H2/p+1/t27-/m0/s1. The average molecular weight is 425 g/mol. The Balaban J connectivity index is 1.42. The van der Waals surface area contributed by atoms with Gasteiger partial charge in [0.2, 0.25) is 0 Å². The highest BCUT2D eigenvalue weighted by Crippen LogP contribution is 2.26. The summed E-state index contributed by atoms with van der Waals surface area (Å²) in [6.45, 7) is 0.812. The van der Waals surface area contributed by atoms with E-state index in [1.165, 1.54) is 11.1 Å². The SMILES string of the molecule is O[C@@H](C[NH2+]C(c1ccccc1)c1ccccc1)COC(c1ccccc1)c1ccccc1. The van der Waals surface area contributed by atoms with Gasteiger partial charge in [0.25, 0.3) is 0 Å². The molecule has 3 nitrogen and oxygen atoms in total. The molecule has 32 heavy (non-hydrogen) atoms. The molecule has 4 aromatic carbocycles. The van der Waals surface area contributed by atoms with Gasteiger partial charge in [0, 0.05) is 11.1 Å². The quantitative estimate of drug-likeness (QED) is 0.394. The van der Waals surface area contributed by atoms with Gasteiger partial charge in [-0.2, -0.15) is 0 Å². The van der Waals surface area contributed by atoms with Crippen molar-refractivity contribution in [3.8, 4) is 0 Å². The van der Waals surface area contributed by atoms with E-state index in [-0.39, 0.29) is 18.8 Å². The molecular weight excluding hydrogens is 394 g/mol. The molecule has 0 radical (unpaired) electrons. The molecule has 0 aliphatic rings. The van der Waals surface area contributed by atoms with Crippen LogP contribution in [0.15, 0.2) is 121 Å². The maximum absolute atomic E-state index is 10.8. The smallest absolute Gasteiger partial charge is 0.137 e. The second-order valence-corrected chi connectivity index (χ2v) is 7.96. The summed E-state index contributed by atoms with van der Waals surface area (Å²) in [4.78, 5) is 0. The number of ether oxygens (including phenoxy) is 1. The van der Waals surface area contributed by atoms with Crippen LogP contribution in [0.5, 0.6) is 0 Å². The minimum absolute atomic E-state index is 0.131. The van der Waals surface area contributed by atoms with E-state index in [0.717, 1.165) is 11.1 Å². The Morgan fingerprint density at radius 1 is 0.562 bits per heavy atom. The van der Waals surface area contributed by atoms with Crippen molar-refractivity contribution in [2.45, 2.75) is 18.2 Å². The Kier molecular flexibility index (Phi) is 7.83. The van der Waals surface area contributed by atoms with Gasteiger partial charge in [-0.25, -0.2) is 0 Å². The van der Waals surface area contributed by atoms with Crippen LogP contribution in [0.25, 0.3) is 0 Å². The molecule has 0 amide bonds. The maximum Gasteiger partial charge on any atom is 0.137 e. The van der Waals surface area contributed by atoms with Crippen LogP contribution >= 0.6 is 0 Å². The monoisotopic (exact) mass is 424 g/mol. The summed E-state index contributed by atoms with van der Waals surface area (Å²) in [6.07, 6.45) is -0.786. The fourth-order valence-corrected chi connectivity index (χ4v) is 3.99. The minimum atomic E-state index is -0.583. The predicted molar refractivity (Wildman–Crippen MR) is 128 cm³/mol. The van der Waals surface area contributed by atoms with Crippen LogP contribution in [0.2, 0.25) is 0 Å². The van der Waals surface area contributed by atoms with Crippen LogP contribution in [-0.2, 0) is 4.74 Å².